The molecule has 2 fully saturated rings. The van der Waals surface area contributed by atoms with E-state index in [2.05, 4.69) is 11.0 Å². The van der Waals surface area contributed by atoms with Crippen LogP contribution in [-0.2, 0) is 0 Å². The average molecular weight is 248 g/mol. The van der Waals surface area contributed by atoms with Crippen LogP contribution in [0.5, 0.6) is 0 Å². The maximum absolute atomic E-state index is 13.2. The summed E-state index contributed by atoms with van der Waals surface area (Å²) in [5, 5.41) is 8.73. The van der Waals surface area contributed by atoms with Crippen molar-refractivity contribution in [3.63, 3.8) is 0 Å². The SMILES string of the molecule is N#Cc1ccc(N2CCC3(CC2)CC3(F)F)cc1. The Bertz CT molecular complexity index is 494. The largest absolute Gasteiger partial charge is 0.371 e. The third kappa shape index (κ3) is 1.66. The standard InChI is InChI=1S/C14H14F2N2/c15-14(16)10-13(14)5-7-18(8-6-13)12-3-1-11(9-17)2-4-12/h1-4H,5-8,10H2. The molecule has 0 bridgehead atoms. The van der Waals surface area contributed by atoms with Gasteiger partial charge >= 0.3 is 0 Å². The highest BCUT2D eigenvalue weighted by Gasteiger charge is 2.70. The van der Waals surface area contributed by atoms with Gasteiger partial charge in [-0.25, -0.2) is 8.78 Å². The molecule has 1 aromatic carbocycles. The van der Waals surface area contributed by atoms with Crippen LogP contribution in [0.25, 0.3) is 0 Å². The first-order valence-electron chi connectivity index (χ1n) is 6.19. The number of piperidine rings is 1. The lowest BCUT2D eigenvalue weighted by Gasteiger charge is -2.33. The van der Waals surface area contributed by atoms with Gasteiger partial charge < -0.3 is 4.90 Å². The second kappa shape index (κ2) is 3.68. The molecule has 2 aliphatic rings. The summed E-state index contributed by atoms with van der Waals surface area (Å²) < 4.78 is 26.5. The number of halogens is 2. The third-order valence-electron chi connectivity index (χ3n) is 4.29. The average Bonchev–Trinajstić information content (AvgIpc) is 2.91. The van der Waals surface area contributed by atoms with E-state index in [9.17, 15) is 8.78 Å². The van der Waals surface area contributed by atoms with Crippen LogP contribution < -0.4 is 4.90 Å². The second-order valence-electron chi connectivity index (χ2n) is 5.31. The van der Waals surface area contributed by atoms with Gasteiger partial charge in [0, 0.05) is 30.6 Å². The molecule has 1 saturated heterocycles. The molecule has 1 aliphatic carbocycles. The molecular formula is C14H14F2N2. The Morgan fingerprint density at radius 2 is 1.67 bits per heavy atom. The molecule has 94 valence electrons. The van der Waals surface area contributed by atoms with E-state index in [1.165, 1.54) is 0 Å². The quantitative estimate of drug-likeness (QED) is 0.763. The van der Waals surface area contributed by atoms with E-state index in [0.717, 1.165) is 5.69 Å². The zero-order chi connectivity index (χ0) is 12.8. The number of rotatable bonds is 1. The molecule has 1 spiro atoms. The second-order valence-corrected chi connectivity index (χ2v) is 5.31. The van der Waals surface area contributed by atoms with Crippen LogP contribution in [-0.4, -0.2) is 19.0 Å². The third-order valence-corrected chi connectivity index (χ3v) is 4.29. The number of hydrogen-bond donors (Lipinski definition) is 0. The normalized spacial score (nSPS) is 23.7. The topological polar surface area (TPSA) is 27.0 Å². The van der Waals surface area contributed by atoms with Crippen LogP contribution in [0.1, 0.15) is 24.8 Å². The highest BCUT2D eigenvalue weighted by atomic mass is 19.3. The van der Waals surface area contributed by atoms with E-state index in [0.29, 0.717) is 31.5 Å². The maximum Gasteiger partial charge on any atom is 0.254 e. The molecule has 1 saturated carbocycles. The van der Waals surface area contributed by atoms with Crippen LogP contribution >= 0.6 is 0 Å². The summed E-state index contributed by atoms with van der Waals surface area (Å²) in [7, 11) is 0. The van der Waals surface area contributed by atoms with Crippen molar-refractivity contribution in [3.8, 4) is 6.07 Å². The van der Waals surface area contributed by atoms with Crippen molar-refractivity contribution in [2.75, 3.05) is 18.0 Å². The smallest absolute Gasteiger partial charge is 0.254 e. The van der Waals surface area contributed by atoms with Crippen LogP contribution in [0, 0.1) is 16.7 Å². The summed E-state index contributed by atoms with van der Waals surface area (Å²) >= 11 is 0. The highest BCUT2D eigenvalue weighted by Crippen LogP contribution is 2.65. The lowest BCUT2D eigenvalue weighted by molar-refractivity contribution is 0.0537. The number of nitrogens with zero attached hydrogens (tertiary/aromatic N) is 2. The number of benzene rings is 1. The molecule has 0 radical (unpaired) electrons. The van der Waals surface area contributed by atoms with Crippen molar-refractivity contribution in [1.82, 2.24) is 0 Å². The summed E-state index contributed by atoms with van der Waals surface area (Å²) in [6, 6.07) is 9.39. The first-order valence-corrected chi connectivity index (χ1v) is 6.19. The molecule has 0 aromatic heterocycles. The van der Waals surface area contributed by atoms with E-state index in [4.69, 9.17) is 5.26 Å². The minimum absolute atomic E-state index is 0.0706. The van der Waals surface area contributed by atoms with Crippen LogP contribution in [0.15, 0.2) is 24.3 Å². The lowest BCUT2D eigenvalue weighted by atomic mass is 9.92. The summed E-state index contributed by atoms with van der Waals surface area (Å²) in [4.78, 5) is 2.13. The van der Waals surface area contributed by atoms with Crippen LogP contribution in [0.3, 0.4) is 0 Å². The van der Waals surface area contributed by atoms with Gasteiger partial charge in [-0.05, 0) is 37.1 Å². The minimum atomic E-state index is -2.43. The Morgan fingerprint density at radius 3 is 2.11 bits per heavy atom. The highest BCUT2D eigenvalue weighted by molar-refractivity contribution is 5.50. The molecule has 0 N–H and O–H groups in total. The first-order chi connectivity index (χ1) is 8.56. The number of alkyl halides is 2. The van der Waals surface area contributed by atoms with E-state index < -0.39 is 11.3 Å². The molecule has 1 aromatic rings. The molecule has 4 heteroatoms. The van der Waals surface area contributed by atoms with Gasteiger partial charge in [-0.2, -0.15) is 5.26 Å². The van der Waals surface area contributed by atoms with Gasteiger partial charge in [0.05, 0.1) is 11.6 Å². The zero-order valence-corrected chi connectivity index (χ0v) is 10.00. The van der Waals surface area contributed by atoms with Gasteiger partial charge in [0.2, 0.25) is 0 Å². The van der Waals surface area contributed by atoms with Gasteiger partial charge in [0.15, 0.2) is 0 Å². The molecule has 3 rings (SSSR count). The molecular weight excluding hydrogens is 234 g/mol. The number of nitriles is 1. The summed E-state index contributed by atoms with van der Waals surface area (Å²) in [5.74, 6) is -2.43. The fourth-order valence-electron chi connectivity index (χ4n) is 2.86. The monoisotopic (exact) mass is 248 g/mol. The Hall–Kier alpha value is -1.63. The van der Waals surface area contributed by atoms with Crippen molar-refractivity contribution in [2.45, 2.75) is 25.2 Å². The number of anilines is 1. The Kier molecular flexibility index (Phi) is 2.34. The molecule has 2 nitrogen and oxygen atoms in total. The van der Waals surface area contributed by atoms with Crippen molar-refractivity contribution in [1.29, 1.82) is 5.26 Å². The van der Waals surface area contributed by atoms with Crippen molar-refractivity contribution >= 4 is 5.69 Å². The molecule has 0 unspecified atom stereocenters. The van der Waals surface area contributed by atoms with Crippen molar-refractivity contribution in [2.24, 2.45) is 5.41 Å². The summed E-state index contributed by atoms with van der Waals surface area (Å²) in [6.45, 7) is 1.36. The van der Waals surface area contributed by atoms with E-state index in [-0.39, 0.29) is 6.42 Å². The van der Waals surface area contributed by atoms with E-state index >= 15 is 0 Å². The zero-order valence-electron chi connectivity index (χ0n) is 10.00. The Morgan fingerprint density at radius 1 is 1.11 bits per heavy atom. The maximum atomic E-state index is 13.2. The van der Waals surface area contributed by atoms with Crippen LogP contribution in [0.2, 0.25) is 0 Å². The molecule has 18 heavy (non-hydrogen) atoms. The van der Waals surface area contributed by atoms with E-state index in [1.807, 2.05) is 12.1 Å². The Balaban J connectivity index is 1.68. The predicted molar refractivity (Wildman–Crippen MR) is 64.6 cm³/mol. The van der Waals surface area contributed by atoms with E-state index in [1.54, 1.807) is 12.1 Å². The fraction of sp³-hybridized carbons (Fsp3) is 0.500. The lowest BCUT2D eigenvalue weighted by Crippen LogP contribution is -2.36. The minimum Gasteiger partial charge on any atom is -0.371 e. The van der Waals surface area contributed by atoms with Gasteiger partial charge in [-0.3, -0.25) is 0 Å². The van der Waals surface area contributed by atoms with Gasteiger partial charge in [-0.1, -0.05) is 0 Å². The van der Waals surface area contributed by atoms with Crippen molar-refractivity contribution < 1.29 is 8.78 Å². The number of hydrogen-bond acceptors (Lipinski definition) is 2. The Labute approximate surface area is 105 Å². The van der Waals surface area contributed by atoms with Gasteiger partial charge in [0.1, 0.15) is 0 Å². The molecule has 1 aliphatic heterocycles. The predicted octanol–water partition coefficient (Wildman–Crippen LogP) is 3.18. The molecule has 0 amide bonds. The van der Waals surface area contributed by atoms with Gasteiger partial charge in [-0.15, -0.1) is 0 Å². The first kappa shape index (κ1) is 11.5. The molecule has 0 atom stereocenters. The summed E-state index contributed by atoms with van der Waals surface area (Å²) in [6.07, 6.45) is 1.21. The van der Waals surface area contributed by atoms with Gasteiger partial charge in [0.25, 0.3) is 5.92 Å². The summed E-state index contributed by atoms with van der Waals surface area (Å²) in [5.41, 5.74) is 0.949. The van der Waals surface area contributed by atoms with Crippen LogP contribution in [0.4, 0.5) is 14.5 Å². The molecule has 1 heterocycles. The van der Waals surface area contributed by atoms with Crippen molar-refractivity contribution in [3.05, 3.63) is 29.8 Å². The fourth-order valence-corrected chi connectivity index (χ4v) is 2.86.